The van der Waals surface area contributed by atoms with Crippen molar-refractivity contribution >= 4 is 23.2 Å². The molecular weight excluding hydrogens is 388 g/mol. The van der Waals surface area contributed by atoms with Gasteiger partial charge in [-0.05, 0) is 55.5 Å². The average molecular weight is 423 g/mol. The average Bonchev–Trinajstić information content (AvgIpc) is 2.77. The molecule has 6 nitrogen and oxygen atoms in total. The first-order chi connectivity index (χ1) is 14.6. The van der Waals surface area contributed by atoms with Crippen molar-refractivity contribution in [2.75, 3.05) is 12.0 Å². The lowest BCUT2D eigenvalue weighted by molar-refractivity contribution is 0.0832. The van der Waals surface area contributed by atoms with Crippen molar-refractivity contribution in [3.05, 3.63) is 59.3 Å². The Morgan fingerprint density at radius 2 is 1.65 bits per heavy atom. The molecule has 1 aromatic heterocycles. The number of pyridine rings is 1. The van der Waals surface area contributed by atoms with Crippen LogP contribution >= 0.6 is 0 Å². The van der Waals surface area contributed by atoms with Crippen LogP contribution < -0.4 is 10.7 Å². The second kappa shape index (κ2) is 10.8. The highest BCUT2D eigenvalue weighted by Gasteiger charge is 2.26. The largest absolute Gasteiger partial charge is 0.352 e. The molecule has 0 bridgehead atoms. The highest BCUT2D eigenvalue weighted by molar-refractivity contribution is 6.01. The zero-order chi connectivity index (χ0) is 23.0. The third kappa shape index (κ3) is 7.02. The van der Waals surface area contributed by atoms with Gasteiger partial charge < -0.3 is 5.32 Å². The van der Waals surface area contributed by atoms with E-state index in [9.17, 15) is 9.59 Å². The van der Waals surface area contributed by atoms with E-state index < -0.39 is 5.41 Å². The van der Waals surface area contributed by atoms with Crippen molar-refractivity contribution in [2.24, 2.45) is 16.4 Å². The summed E-state index contributed by atoms with van der Waals surface area (Å²) in [6.07, 6.45) is 3.31. The summed E-state index contributed by atoms with van der Waals surface area (Å²) in [6.45, 7) is 12.7. The minimum atomic E-state index is -0.400. The van der Waals surface area contributed by atoms with Crippen LogP contribution in [0.15, 0.2) is 47.7 Å². The van der Waals surface area contributed by atoms with Crippen LogP contribution in [0.3, 0.4) is 0 Å². The van der Waals surface area contributed by atoms with Crippen molar-refractivity contribution in [1.29, 1.82) is 0 Å². The molecule has 31 heavy (non-hydrogen) atoms. The Morgan fingerprint density at radius 1 is 1.03 bits per heavy atom. The summed E-state index contributed by atoms with van der Waals surface area (Å²) in [6, 6.07) is 10.9. The Balaban J connectivity index is 1.97. The number of hydrogen-bond acceptors (Lipinski definition) is 5. The number of hydrogen-bond donors (Lipinski definition) is 2. The van der Waals surface area contributed by atoms with E-state index in [2.05, 4.69) is 34.7 Å². The van der Waals surface area contributed by atoms with Crippen molar-refractivity contribution in [1.82, 2.24) is 10.3 Å². The second-order valence-electron chi connectivity index (χ2n) is 8.82. The van der Waals surface area contributed by atoms with Crippen molar-refractivity contribution in [3.8, 4) is 0 Å². The molecule has 1 heterocycles. The highest BCUT2D eigenvalue weighted by Crippen LogP contribution is 2.25. The molecule has 0 aliphatic carbocycles. The maximum atomic E-state index is 12.5. The normalized spacial score (nSPS) is 12.0. The van der Waals surface area contributed by atoms with E-state index in [0.717, 1.165) is 24.1 Å². The molecule has 0 radical (unpaired) electrons. The fourth-order valence-electron chi connectivity index (χ4n) is 2.79. The van der Waals surface area contributed by atoms with Crippen LogP contribution in [0.25, 0.3) is 0 Å². The van der Waals surface area contributed by atoms with Crippen molar-refractivity contribution in [3.63, 3.8) is 0 Å². The summed E-state index contributed by atoms with van der Waals surface area (Å²) in [4.78, 5) is 29.0. The predicted molar refractivity (Wildman–Crippen MR) is 127 cm³/mol. The van der Waals surface area contributed by atoms with Gasteiger partial charge >= 0.3 is 0 Å². The van der Waals surface area contributed by atoms with Crippen LogP contribution in [-0.4, -0.2) is 28.9 Å². The number of carbonyl (C=O) groups excluding carboxylic acids is 2. The second-order valence-corrected chi connectivity index (χ2v) is 8.82. The van der Waals surface area contributed by atoms with Gasteiger partial charge in [-0.3, -0.25) is 15.0 Å². The summed E-state index contributed by atoms with van der Waals surface area (Å²) < 4.78 is 0. The summed E-state index contributed by atoms with van der Waals surface area (Å²) in [5.41, 5.74) is 5.42. The standard InChI is InChI=1S/C25H34N4O2/c1-7-25(5,6)23(30)21-12-13-22(27-16-21)29-28-18(4)19-8-10-20(11-9-19)24(31)26-15-14-17(2)3/h8-13,16-17H,7,14-15H2,1-6H3,(H,26,31)(H,27,29)/b28-18+. The van der Waals surface area contributed by atoms with Crippen LogP contribution in [0.1, 0.15) is 80.7 Å². The molecule has 0 atom stereocenters. The van der Waals surface area contributed by atoms with Crippen LogP contribution in [-0.2, 0) is 0 Å². The Morgan fingerprint density at radius 3 is 2.19 bits per heavy atom. The molecular formula is C25H34N4O2. The summed E-state index contributed by atoms with van der Waals surface area (Å²) in [5, 5.41) is 7.30. The van der Waals surface area contributed by atoms with E-state index >= 15 is 0 Å². The topological polar surface area (TPSA) is 83.5 Å². The number of aromatic nitrogens is 1. The molecule has 0 saturated carbocycles. The van der Waals surface area contributed by atoms with Gasteiger partial charge in [0.05, 0.1) is 5.71 Å². The number of anilines is 1. The highest BCUT2D eigenvalue weighted by atomic mass is 16.1. The first kappa shape index (κ1) is 24.3. The number of Topliss-reactive ketones (excluding diaryl/α,β-unsaturated/α-hetero) is 1. The molecule has 0 aliphatic heterocycles. The molecule has 2 rings (SSSR count). The van der Waals surface area contributed by atoms with Gasteiger partial charge in [-0.25, -0.2) is 4.98 Å². The lowest BCUT2D eigenvalue weighted by Crippen LogP contribution is -2.25. The number of hydrazone groups is 1. The lowest BCUT2D eigenvalue weighted by atomic mass is 9.82. The van der Waals surface area contributed by atoms with Gasteiger partial charge in [0.1, 0.15) is 5.82 Å². The molecule has 0 fully saturated rings. The molecule has 1 aromatic carbocycles. The maximum Gasteiger partial charge on any atom is 0.251 e. The maximum absolute atomic E-state index is 12.5. The Kier molecular flexibility index (Phi) is 8.48. The van der Waals surface area contributed by atoms with Gasteiger partial charge in [-0.15, -0.1) is 0 Å². The fourth-order valence-corrected chi connectivity index (χ4v) is 2.79. The number of nitrogens with one attached hydrogen (secondary N) is 2. The molecule has 0 saturated heterocycles. The number of amides is 1. The lowest BCUT2D eigenvalue weighted by Gasteiger charge is -2.20. The van der Waals surface area contributed by atoms with Crippen LogP contribution in [0.4, 0.5) is 5.82 Å². The smallest absolute Gasteiger partial charge is 0.251 e. The molecule has 1 amide bonds. The molecule has 0 unspecified atom stereocenters. The zero-order valence-electron chi connectivity index (χ0n) is 19.5. The van der Waals surface area contributed by atoms with Gasteiger partial charge in [-0.1, -0.05) is 46.8 Å². The third-order valence-electron chi connectivity index (χ3n) is 5.43. The summed E-state index contributed by atoms with van der Waals surface area (Å²) in [5.74, 6) is 1.14. The molecule has 6 heteroatoms. The van der Waals surface area contributed by atoms with E-state index in [4.69, 9.17) is 0 Å². The van der Waals surface area contributed by atoms with E-state index in [-0.39, 0.29) is 11.7 Å². The van der Waals surface area contributed by atoms with E-state index in [0.29, 0.717) is 29.4 Å². The number of nitrogens with zero attached hydrogens (tertiary/aromatic N) is 2. The number of ketones is 1. The van der Waals surface area contributed by atoms with Crippen molar-refractivity contribution < 1.29 is 9.59 Å². The number of rotatable bonds is 10. The summed E-state index contributed by atoms with van der Waals surface area (Å²) in [7, 11) is 0. The van der Waals surface area contributed by atoms with Crippen LogP contribution in [0, 0.1) is 11.3 Å². The van der Waals surface area contributed by atoms with Crippen molar-refractivity contribution in [2.45, 2.75) is 54.4 Å². The van der Waals surface area contributed by atoms with Crippen LogP contribution in [0.2, 0.25) is 0 Å². The molecule has 0 spiro atoms. The molecule has 0 aliphatic rings. The Labute approximate surface area is 185 Å². The van der Waals surface area contributed by atoms with Crippen LogP contribution in [0.5, 0.6) is 0 Å². The first-order valence-electron chi connectivity index (χ1n) is 10.8. The van der Waals surface area contributed by atoms with Gasteiger partial charge in [0.15, 0.2) is 5.78 Å². The first-order valence-corrected chi connectivity index (χ1v) is 10.8. The van der Waals surface area contributed by atoms with Gasteiger partial charge in [0.2, 0.25) is 0 Å². The van der Waals surface area contributed by atoms with E-state index in [1.54, 1.807) is 30.5 Å². The monoisotopic (exact) mass is 422 g/mol. The molecule has 2 N–H and O–H groups in total. The van der Waals surface area contributed by atoms with E-state index in [1.165, 1.54) is 0 Å². The SMILES string of the molecule is CCC(C)(C)C(=O)c1ccc(N/N=C(\C)c2ccc(C(=O)NCCC(C)C)cc2)nc1. The minimum absolute atomic E-state index is 0.0648. The Hall–Kier alpha value is -3.02. The number of carbonyl (C=O) groups is 2. The van der Waals surface area contributed by atoms with Gasteiger partial charge in [-0.2, -0.15) is 5.10 Å². The fraction of sp³-hybridized carbons (Fsp3) is 0.440. The summed E-state index contributed by atoms with van der Waals surface area (Å²) >= 11 is 0. The zero-order valence-corrected chi connectivity index (χ0v) is 19.5. The Bertz CT molecular complexity index is 914. The third-order valence-corrected chi connectivity index (χ3v) is 5.43. The van der Waals surface area contributed by atoms with Gasteiger partial charge in [0, 0.05) is 29.3 Å². The minimum Gasteiger partial charge on any atom is -0.352 e. The molecule has 2 aromatic rings. The van der Waals surface area contributed by atoms with E-state index in [1.807, 2.05) is 39.8 Å². The van der Waals surface area contributed by atoms with Gasteiger partial charge in [0.25, 0.3) is 5.91 Å². The number of benzene rings is 1. The predicted octanol–water partition coefficient (Wildman–Crippen LogP) is 5.31. The quantitative estimate of drug-likeness (QED) is 0.309. The molecule has 166 valence electrons.